The smallest absolute Gasteiger partial charge is 0.145 e. The highest BCUT2D eigenvalue weighted by molar-refractivity contribution is 6.25. The molecule has 8 aromatic rings. The zero-order valence-electron chi connectivity index (χ0n) is 26.3. The van der Waals surface area contributed by atoms with Crippen molar-refractivity contribution in [2.24, 2.45) is 0 Å². The van der Waals surface area contributed by atoms with Crippen molar-refractivity contribution in [3.05, 3.63) is 145 Å². The highest BCUT2D eigenvalue weighted by Gasteiger charge is 2.24. The second-order valence-electron chi connectivity index (χ2n) is 12.8. The normalized spacial score (nSPS) is 12.0. The average molecular weight is 581 g/mol. The van der Waals surface area contributed by atoms with E-state index in [1.165, 1.54) is 60.3 Å². The number of nitrogens with zero attached hydrogens (tertiary/aromatic N) is 2. The fraction of sp³-hybridized carbons (Fsp3) is 0.140. The molecule has 8 rings (SSSR count). The van der Waals surface area contributed by atoms with Gasteiger partial charge < -0.3 is 0 Å². The number of rotatable bonds is 5. The topological polar surface area (TPSA) is 17.8 Å². The van der Waals surface area contributed by atoms with Crippen LogP contribution in [-0.4, -0.2) is 9.55 Å². The zero-order valence-corrected chi connectivity index (χ0v) is 26.3. The molecule has 0 radical (unpaired) electrons. The summed E-state index contributed by atoms with van der Waals surface area (Å²) in [5.41, 5.74) is 9.70. The summed E-state index contributed by atoms with van der Waals surface area (Å²) in [5, 5.41) is 7.66. The van der Waals surface area contributed by atoms with Crippen molar-refractivity contribution in [2.75, 3.05) is 0 Å². The Morgan fingerprint density at radius 3 is 1.56 bits per heavy atom. The second kappa shape index (κ2) is 10.7. The van der Waals surface area contributed by atoms with Crippen molar-refractivity contribution >= 4 is 43.4 Å². The number of hydrogen-bond acceptors (Lipinski definition) is 1. The Morgan fingerprint density at radius 1 is 0.444 bits per heavy atom. The minimum Gasteiger partial charge on any atom is -0.292 e. The van der Waals surface area contributed by atoms with Gasteiger partial charge in [-0.15, -0.1) is 0 Å². The van der Waals surface area contributed by atoms with Gasteiger partial charge in [-0.3, -0.25) is 4.57 Å². The molecule has 0 saturated carbocycles. The van der Waals surface area contributed by atoms with Crippen molar-refractivity contribution in [1.82, 2.24) is 9.55 Å². The van der Waals surface area contributed by atoms with E-state index in [2.05, 4.69) is 166 Å². The summed E-state index contributed by atoms with van der Waals surface area (Å²) in [7, 11) is 0. The lowest BCUT2D eigenvalue weighted by Crippen LogP contribution is -2.09. The van der Waals surface area contributed by atoms with Crippen molar-refractivity contribution in [2.45, 2.75) is 39.5 Å². The van der Waals surface area contributed by atoms with Gasteiger partial charge in [0.05, 0.1) is 16.7 Å². The fourth-order valence-electron chi connectivity index (χ4n) is 7.11. The van der Waals surface area contributed by atoms with Crippen LogP contribution >= 0.6 is 0 Å². The monoisotopic (exact) mass is 580 g/mol. The molecule has 218 valence electrons. The van der Waals surface area contributed by atoms with Crippen LogP contribution in [0.25, 0.3) is 71.6 Å². The number of fused-ring (bicyclic) bond motifs is 7. The molecule has 0 saturated heterocycles. The summed E-state index contributed by atoms with van der Waals surface area (Å²) in [5.74, 6) is 1.62. The third-order valence-corrected chi connectivity index (χ3v) is 9.31. The lowest BCUT2D eigenvalue weighted by molar-refractivity contribution is 0.811. The molecule has 45 heavy (non-hydrogen) atoms. The molecule has 2 nitrogen and oxygen atoms in total. The fourth-order valence-corrected chi connectivity index (χ4v) is 7.11. The Hall–Kier alpha value is -5.21. The lowest BCUT2D eigenvalue weighted by atomic mass is 9.88. The van der Waals surface area contributed by atoms with Gasteiger partial charge in [0.15, 0.2) is 0 Å². The Kier molecular flexibility index (Phi) is 6.53. The van der Waals surface area contributed by atoms with E-state index < -0.39 is 0 Å². The Labute approximate surface area is 264 Å². The van der Waals surface area contributed by atoms with Crippen LogP contribution in [-0.2, 0) is 0 Å². The predicted octanol–water partition coefficient (Wildman–Crippen LogP) is 12.1. The average Bonchev–Trinajstić information content (AvgIpc) is 3.47. The number of hydrogen-bond donors (Lipinski definition) is 0. The molecule has 0 aliphatic heterocycles. The number of aromatic nitrogens is 2. The summed E-state index contributed by atoms with van der Waals surface area (Å²) in [6.45, 7) is 9.24. The van der Waals surface area contributed by atoms with Gasteiger partial charge in [-0.25, -0.2) is 4.98 Å². The van der Waals surface area contributed by atoms with Crippen LogP contribution in [0, 0.1) is 0 Å². The molecule has 0 aliphatic rings. The van der Waals surface area contributed by atoms with E-state index >= 15 is 0 Å². The number of imidazole rings is 1. The van der Waals surface area contributed by atoms with Gasteiger partial charge in [-0.1, -0.05) is 131 Å². The van der Waals surface area contributed by atoms with Gasteiger partial charge >= 0.3 is 0 Å². The first-order valence-corrected chi connectivity index (χ1v) is 16.0. The van der Waals surface area contributed by atoms with Crippen LogP contribution in [0.2, 0.25) is 0 Å². The standard InChI is InChI=1S/C43H36N2/c1-27(2)37-25-31(29-14-6-5-7-15-29)26-38(28(3)4)42(37)45-41-21-13-12-20-40(41)44-43(45)30-22-23-36-34-18-9-8-16-32(34)33-17-10-11-19-35(33)39(36)24-30/h5-28H,1-4H3. The number of benzene rings is 7. The van der Waals surface area contributed by atoms with Crippen molar-refractivity contribution < 1.29 is 0 Å². The first kappa shape index (κ1) is 27.3. The third-order valence-electron chi connectivity index (χ3n) is 9.31. The maximum absolute atomic E-state index is 5.35. The van der Waals surface area contributed by atoms with Crippen molar-refractivity contribution in [3.8, 4) is 28.2 Å². The van der Waals surface area contributed by atoms with Gasteiger partial charge in [-0.05, 0) is 96.7 Å². The van der Waals surface area contributed by atoms with Gasteiger partial charge in [0, 0.05) is 5.56 Å². The zero-order chi connectivity index (χ0) is 30.7. The third kappa shape index (κ3) is 4.44. The highest BCUT2D eigenvalue weighted by Crippen LogP contribution is 2.42. The molecule has 2 heteroatoms. The summed E-state index contributed by atoms with van der Waals surface area (Å²) in [4.78, 5) is 5.35. The van der Waals surface area contributed by atoms with E-state index in [1.54, 1.807) is 0 Å². The molecule has 0 bridgehead atoms. The van der Waals surface area contributed by atoms with E-state index in [-0.39, 0.29) is 0 Å². The van der Waals surface area contributed by atoms with Gasteiger partial charge in [0.2, 0.25) is 0 Å². The van der Waals surface area contributed by atoms with Crippen LogP contribution in [0.5, 0.6) is 0 Å². The molecular formula is C43H36N2. The molecule has 0 amide bonds. The maximum atomic E-state index is 5.35. The molecule has 1 heterocycles. The highest BCUT2D eigenvalue weighted by atomic mass is 15.1. The van der Waals surface area contributed by atoms with Crippen LogP contribution < -0.4 is 0 Å². The molecule has 7 aromatic carbocycles. The summed E-state index contributed by atoms with van der Waals surface area (Å²) in [6, 6.07) is 48.6. The Morgan fingerprint density at radius 2 is 0.956 bits per heavy atom. The van der Waals surface area contributed by atoms with Crippen molar-refractivity contribution in [3.63, 3.8) is 0 Å². The van der Waals surface area contributed by atoms with E-state index in [4.69, 9.17) is 4.98 Å². The van der Waals surface area contributed by atoms with Gasteiger partial charge in [-0.2, -0.15) is 0 Å². The van der Waals surface area contributed by atoms with E-state index in [0.717, 1.165) is 22.4 Å². The largest absolute Gasteiger partial charge is 0.292 e. The molecule has 0 spiro atoms. The lowest BCUT2D eigenvalue weighted by Gasteiger charge is -2.24. The first-order chi connectivity index (χ1) is 22.0. The Balaban J connectivity index is 1.46. The molecular weight excluding hydrogens is 544 g/mol. The quantitative estimate of drug-likeness (QED) is 0.185. The molecule has 0 unspecified atom stereocenters. The Bertz CT molecular complexity index is 2310. The summed E-state index contributed by atoms with van der Waals surface area (Å²) >= 11 is 0. The number of para-hydroxylation sites is 2. The summed E-state index contributed by atoms with van der Waals surface area (Å²) < 4.78 is 2.44. The van der Waals surface area contributed by atoms with Crippen LogP contribution in [0.3, 0.4) is 0 Å². The summed E-state index contributed by atoms with van der Waals surface area (Å²) in [6.07, 6.45) is 0. The van der Waals surface area contributed by atoms with Crippen LogP contribution in [0.4, 0.5) is 0 Å². The van der Waals surface area contributed by atoms with E-state index in [9.17, 15) is 0 Å². The minimum atomic E-state index is 0.321. The molecule has 0 atom stereocenters. The predicted molar refractivity (Wildman–Crippen MR) is 193 cm³/mol. The maximum Gasteiger partial charge on any atom is 0.145 e. The van der Waals surface area contributed by atoms with E-state index in [1.807, 2.05) is 0 Å². The second-order valence-corrected chi connectivity index (χ2v) is 12.8. The SMILES string of the molecule is CC(C)c1cc(-c2ccccc2)cc(C(C)C)c1-n1c(-c2ccc3c4ccccc4c4ccccc4c3c2)nc2ccccc21. The van der Waals surface area contributed by atoms with E-state index in [0.29, 0.717) is 11.8 Å². The minimum absolute atomic E-state index is 0.321. The molecule has 0 fully saturated rings. The van der Waals surface area contributed by atoms with Gasteiger partial charge in [0.25, 0.3) is 0 Å². The molecule has 0 aliphatic carbocycles. The van der Waals surface area contributed by atoms with Crippen LogP contribution in [0.15, 0.2) is 133 Å². The van der Waals surface area contributed by atoms with Crippen molar-refractivity contribution in [1.29, 1.82) is 0 Å². The van der Waals surface area contributed by atoms with Gasteiger partial charge in [0.1, 0.15) is 5.82 Å². The van der Waals surface area contributed by atoms with Crippen LogP contribution in [0.1, 0.15) is 50.7 Å². The first-order valence-electron chi connectivity index (χ1n) is 16.0. The molecule has 1 aromatic heterocycles. The molecule has 0 N–H and O–H groups in total.